The number of rotatable bonds is 24. The fourth-order valence-electron chi connectivity index (χ4n) is 18.7. The fraction of sp³-hybridized carbons (Fsp3) is 0.259. The van der Waals surface area contributed by atoms with Crippen LogP contribution >= 0.6 is 98.5 Å². The second-order valence-corrected chi connectivity index (χ2v) is 37.5. The standard InChI is InChI=1S/C18H18F3N3O.2C18H17NO.C17H18ClN3O.C17H18N2O.C16H16FN.C12H16N2O.7ClH/c19-18(20,21)12-5-7-13(8-6-12)23-17(25)24-16-4-2-1-3-14(16)15-9-11(15)10-22;19-11-13-9-16(13)14-6-2-3-7-15(14)18-10-12-5-1-4-8-17(12)20-18;19-11-15-9-16(15)12-5-3-6-13(8-12)18-10-14-4-1-2-7-17(14)20-18;18-12-5-7-13(8-6-12)20-17(22)21-16-4-2-1-3-14(16)15-9-11(15)10-19;18-11-13-10-15(13)14-8-4-5-9-16(14)19-17(20)12-6-2-1-3-7-12;17-13-7-5-11(6-8-13)14-3-1-2-4-15(14)16-9-12(16)10-18;1-8(15)14-12-5-3-2-4-10(12)11-6-9(11)7-13;;;;;;;/h1-8,11,15H,9-10,22H2,(H2,23,24,25);1-8,10,13,16H,9,11,19H2;1-8,10,15-16H,9,11,19H2;1-8,11,15H,9-10,19H2,(H2,20,21,22);1-9,13,15H,10-11,18H2,(H,19,20);1-8,12,16H,9-10,18H2;2-5,9,11H,6-7,13H2,1H3,(H,14,15);7*1H. The van der Waals surface area contributed by atoms with Gasteiger partial charge in [0.05, 0.1) is 5.56 Å². The molecule has 19 nitrogen and oxygen atoms in total. The van der Waals surface area contributed by atoms with E-state index in [-0.39, 0.29) is 116 Å². The van der Waals surface area contributed by atoms with E-state index in [1.54, 1.807) is 30.3 Å². The number of carbonyl (C=O) groups is 4. The number of halogens is 12. The van der Waals surface area contributed by atoms with Crippen LogP contribution < -0.4 is 72.0 Å². The summed E-state index contributed by atoms with van der Waals surface area (Å²) in [5, 5.41) is 19.8. The molecule has 2 aromatic heterocycles. The first kappa shape index (κ1) is 119. The average Bonchev–Trinajstić information content (AvgIpc) is 1.61. The number of anilines is 6. The van der Waals surface area contributed by atoms with Crippen LogP contribution in [0, 0.1) is 47.2 Å². The number of furan rings is 2. The molecule has 15 aromatic rings. The number of nitrogens with two attached hydrogens (primary N) is 7. The van der Waals surface area contributed by atoms with Crippen molar-refractivity contribution in [2.24, 2.45) is 81.6 Å². The van der Waals surface area contributed by atoms with E-state index in [4.69, 9.17) is 60.6 Å². The van der Waals surface area contributed by atoms with Crippen LogP contribution in [0.5, 0.6) is 0 Å². The van der Waals surface area contributed by atoms with Crippen LogP contribution in [-0.4, -0.2) is 69.7 Å². The van der Waals surface area contributed by atoms with Crippen molar-refractivity contribution in [2.75, 3.05) is 77.7 Å². The van der Waals surface area contributed by atoms with Crippen LogP contribution in [-0.2, 0) is 11.0 Å². The second-order valence-electron chi connectivity index (χ2n) is 37.1. The summed E-state index contributed by atoms with van der Waals surface area (Å²) >= 11 is 5.83. The van der Waals surface area contributed by atoms with Crippen LogP contribution in [0.3, 0.4) is 0 Å². The predicted molar refractivity (Wildman–Crippen MR) is 608 cm³/mol. The number of nitrogens with one attached hydrogen (secondary N) is 6. The number of urea groups is 2. The van der Waals surface area contributed by atoms with Gasteiger partial charge in [-0.3, -0.25) is 9.59 Å². The number of hydrogen-bond donors (Lipinski definition) is 13. The van der Waals surface area contributed by atoms with Crippen LogP contribution in [0.2, 0.25) is 5.02 Å². The Morgan fingerprint density at radius 1 is 0.320 bits per heavy atom. The van der Waals surface area contributed by atoms with Crippen molar-refractivity contribution in [2.45, 2.75) is 99.5 Å². The first-order valence-electron chi connectivity index (χ1n) is 48.1. The largest absolute Gasteiger partial charge is 0.456 e. The molecule has 14 atom stereocenters. The van der Waals surface area contributed by atoms with Crippen LogP contribution in [0.15, 0.2) is 342 Å². The monoisotopic (exact) mass is 2150 g/mol. The molecule has 22 rings (SSSR count). The highest BCUT2D eigenvalue weighted by molar-refractivity contribution is 6.30. The summed E-state index contributed by atoms with van der Waals surface area (Å²) in [4.78, 5) is 47.5. The molecule has 6 amide bonds. The molecule has 0 radical (unpaired) electrons. The lowest BCUT2D eigenvalue weighted by atomic mass is 9.96. The molecule has 13 aromatic carbocycles. The zero-order chi connectivity index (χ0) is 97.9. The SMILES string of the molecule is CC(=O)Nc1ccccc1C1CC1CN.Cl.Cl.Cl.Cl.Cl.Cl.Cl.NCC1CC1c1cccc(-c2cc3ccccc3o2)c1.NCC1CC1c1ccccc1-c1cc2ccccc2o1.NCC1CC1c1ccccc1-c1ccc(F)cc1.NCC1CC1c1ccccc1NC(=O)Nc1ccc(C(F)(F)F)cc1.NCC1CC1c1ccccc1NC(=O)Nc1ccc(Cl)cc1.NCC1CC1c1ccccc1NC(=O)c1ccccc1. The summed E-state index contributed by atoms with van der Waals surface area (Å²) in [6.07, 6.45) is 3.55. The van der Waals surface area contributed by atoms with Gasteiger partial charge in [-0.15, -0.1) is 86.8 Å². The average molecular weight is 2160 g/mol. The second kappa shape index (κ2) is 56.0. The van der Waals surface area contributed by atoms with Crippen molar-refractivity contribution >= 4 is 178 Å². The van der Waals surface area contributed by atoms with E-state index in [2.05, 4.69) is 141 Å². The summed E-state index contributed by atoms with van der Waals surface area (Å²) in [6.45, 7) is 6.60. The zero-order valence-electron chi connectivity index (χ0n) is 81.0. The molecule has 776 valence electrons. The smallest absolute Gasteiger partial charge is 0.416 e. The van der Waals surface area contributed by atoms with Gasteiger partial charge in [0, 0.05) is 73.5 Å². The Balaban J connectivity index is 0.000000190. The van der Waals surface area contributed by atoms with Gasteiger partial charge in [0.1, 0.15) is 28.5 Å². The molecule has 14 unspecified atom stereocenters. The lowest BCUT2D eigenvalue weighted by Crippen LogP contribution is -2.20. The van der Waals surface area contributed by atoms with Gasteiger partial charge in [-0.1, -0.05) is 218 Å². The van der Waals surface area contributed by atoms with Crippen molar-refractivity contribution in [1.82, 2.24) is 0 Å². The third-order valence-corrected chi connectivity index (χ3v) is 27.5. The maximum Gasteiger partial charge on any atom is 0.416 e. The Labute approximate surface area is 904 Å². The van der Waals surface area contributed by atoms with Crippen LogP contribution in [0.25, 0.3) is 55.7 Å². The van der Waals surface area contributed by atoms with E-state index in [9.17, 15) is 36.7 Å². The number of alkyl halides is 3. The molecule has 31 heteroatoms. The zero-order valence-corrected chi connectivity index (χ0v) is 87.4. The number of carbonyl (C=O) groups excluding carboxylic acids is 4. The molecule has 0 saturated heterocycles. The summed E-state index contributed by atoms with van der Waals surface area (Å²) in [7, 11) is 0. The Hall–Kier alpha value is -11.8. The molecule has 7 aliphatic carbocycles. The van der Waals surface area contributed by atoms with E-state index in [1.165, 1.54) is 89.4 Å². The lowest BCUT2D eigenvalue weighted by molar-refractivity contribution is -0.137. The van der Waals surface area contributed by atoms with Gasteiger partial charge in [0.25, 0.3) is 5.91 Å². The van der Waals surface area contributed by atoms with E-state index in [1.807, 2.05) is 158 Å². The Morgan fingerprint density at radius 2 is 0.653 bits per heavy atom. The molecule has 7 saturated carbocycles. The fourth-order valence-corrected chi connectivity index (χ4v) is 18.9. The molecule has 7 fully saturated rings. The van der Waals surface area contributed by atoms with Crippen LogP contribution in [0.1, 0.15) is 148 Å². The molecule has 0 aliphatic heterocycles. The minimum atomic E-state index is -4.40. The van der Waals surface area contributed by atoms with Gasteiger partial charge in [-0.05, 0) is 351 Å². The van der Waals surface area contributed by atoms with E-state index in [0.717, 1.165) is 137 Å². The molecule has 0 spiro atoms. The van der Waals surface area contributed by atoms with Crippen molar-refractivity contribution in [3.8, 4) is 33.8 Å². The van der Waals surface area contributed by atoms with E-state index >= 15 is 0 Å². The highest BCUT2D eigenvalue weighted by Gasteiger charge is 2.44. The number of amides is 6. The molecule has 2 heterocycles. The lowest BCUT2D eigenvalue weighted by Gasteiger charge is -2.12. The van der Waals surface area contributed by atoms with Gasteiger partial charge in [0.2, 0.25) is 5.91 Å². The first-order chi connectivity index (χ1) is 68.1. The van der Waals surface area contributed by atoms with Gasteiger partial charge >= 0.3 is 18.2 Å². The normalized spacial score (nSPS) is 19.9. The van der Waals surface area contributed by atoms with E-state index in [0.29, 0.717) is 124 Å². The first-order valence-corrected chi connectivity index (χ1v) is 48.5. The van der Waals surface area contributed by atoms with Crippen molar-refractivity contribution in [3.63, 3.8) is 0 Å². The molecular formula is C116H127Cl8F4N13O6. The van der Waals surface area contributed by atoms with Gasteiger partial charge in [0.15, 0.2) is 0 Å². The van der Waals surface area contributed by atoms with Gasteiger partial charge < -0.3 is 80.9 Å². The van der Waals surface area contributed by atoms with Gasteiger partial charge in [-0.25, -0.2) is 14.0 Å². The Morgan fingerprint density at radius 3 is 1.05 bits per heavy atom. The van der Waals surface area contributed by atoms with Crippen molar-refractivity contribution < 1.29 is 45.6 Å². The Bertz CT molecular complexity index is 6690. The highest BCUT2D eigenvalue weighted by atomic mass is 35.5. The minimum absolute atomic E-state index is 0. The number of fused-ring (bicyclic) bond motifs is 2. The third kappa shape index (κ3) is 32.1. The molecule has 147 heavy (non-hydrogen) atoms. The number of benzene rings is 13. The highest BCUT2D eigenvalue weighted by Crippen LogP contribution is 2.55. The van der Waals surface area contributed by atoms with Crippen molar-refractivity contribution in [3.05, 3.63) is 395 Å². The minimum Gasteiger partial charge on any atom is -0.456 e. The molecular weight excluding hydrogens is 2030 g/mol. The summed E-state index contributed by atoms with van der Waals surface area (Å²) < 4.78 is 62.6. The van der Waals surface area contributed by atoms with E-state index < -0.39 is 17.8 Å². The summed E-state index contributed by atoms with van der Waals surface area (Å²) in [6, 6.07) is 104. The Kier molecular flexibility index (Phi) is 45.2. The number of para-hydroxylation sites is 6. The van der Waals surface area contributed by atoms with Gasteiger partial charge in [-0.2, -0.15) is 13.2 Å². The maximum absolute atomic E-state index is 13.0. The summed E-state index contributed by atoms with van der Waals surface area (Å²) in [5.41, 5.74) is 59.5. The van der Waals surface area contributed by atoms with Crippen LogP contribution in [0.4, 0.5) is 61.3 Å². The third-order valence-electron chi connectivity index (χ3n) is 27.3. The maximum atomic E-state index is 13.0. The quantitative estimate of drug-likeness (QED) is 0.0251. The molecule has 0 bridgehead atoms. The topological polar surface area (TPSA) is 349 Å². The summed E-state index contributed by atoms with van der Waals surface area (Å²) in [5.74, 6) is 9.32. The molecule has 7 aliphatic rings. The van der Waals surface area contributed by atoms with Crippen molar-refractivity contribution in [1.29, 1.82) is 0 Å². The predicted octanol–water partition coefficient (Wildman–Crippen LogP) is 28.0. The molecule has 20 N–H and O–H groups in total. The number of hydrogen-bond acceptors (Lipinski definition) is 13.